The van der Waals surface area contributed by atoms with Crippen LogP contribution in [0.25, 0.3) is 0 Å². The van der Waals surface area contributed by atoms with E-state index in [0.29, 0.717) is 18.7 Å². The minimum Gasteiger partial charge on any atom is -0.329 e. The minimum absolute atomic E-state index is 0.167. The van der Waals surface area contributed by atoms with Gasteiger partial charge in [0.15, 0.2) is 0 Å². The van der Waals surface area contributed by atoms with Gasteiger partial charge in [-0.15, -0.1) is 0 Å². The standard InChI is InChI=1S/C11H19N3O2/c1-7(2)13-10(15)9-5-4-6-14(9)11(16)8(3)12/h8-9H,4-6,12H2,1-3H3/t8-,9-/m0/s1. The second-order valence-electron chi connectivity index (χ2n) is 4.38. The summed E-state index contributed by atoms with van der Waals surface area (Å²) in [5.74, 6) is -0.397. The zero-order valence-corrected chi connectivity index (χ0v) is 10.1. The van der Waals surface area contributed by atoms with E-state index in [4.69, 9.17) is 5.73 Å². The van der Waals surface area contributed by atoms with E-state index in [1.54, 1.807) is 25.7 Å². The number of likely N-dealkylation sites (tertiary alicyclic amines) is 1. The first-order valence-electron chi connectivity index (χ1n) is 5.55. The van der Waals surface area contributed by atoms with Crippen molar-refractivity contribution in [3.05, 3.63) is 0 Å². The molecule has 0 bridgehead atoms. The highest BCUT2D eigenvalue weighted by Crippen LogP contribution is 2.19. The van der Waals surface area contributed by atoms with Crippen LogP contribution in [0.5, 0.6) is 0 Å². The highest BCUT2D eigenvalue weighted by molar-refractivity contribution is 5.97. The van der Waals surface area contributed by atoms with Crippen molar-refractivity contribution >= 4 is 17.5 Å². The number of nitrogens with zero attached hydrogens (tertiary/aromatic N) is 2. The maximum atomic E-state index is 11.8. The predicted molar refractivity (Wildman–Crippen MR) is 62.2 cm³/mol. The van der Waals surface area contributed by atoms with Gasteiger partial charge in [0.1, 0.15) is 6.04 Å². The molecule has 0 aromatic rings. The first kappa shape index (κ1) is 12.8. The monoisotopic (exact) mass is 225 g/mol. The van der Waals surface area contributed by atoms with Crippen LogP contribution in [-0.4, -0.2) is 41.1 Å². The van der Waals surface area contributed by atoms with E-state index in [2.05, 4.69) is 4.99 Å². The van der Waals surface area contributed by atoms with E-state index in [1.807, 2.05) is 0 Å². The lowest BCUT2D eigenvalue weighted by Gasteiger charge is -2.23. The summed E-state index contributed by atoms with van der Waals surface area (Å²) >= 11 is 0. The quantitative estimate of drug-likeness (QED) is 0.688. The maximum absolute atomic E-state index is 11.8. The van der Waals surface area contributed by atoms with Gasteiger partial charge in [0.05, 0.1) is 6.04 Å². The molecule has 1 fully saturated rings. The van der Waals surface area contributed by atoms with Crippen LogP contribution in [0.3, 0.4) is 0 Å². The van der Waals surface area contributed by atoms with Crippen molar-refractivity contribution in [2.24, 2.45) is 10.7 Å². The summed E-state index contributed by atoms with van der Waals surface area (Å²) in [6.45, 7) is 5.78. The first-order chi connectivity index (χ1) is 7.43. The fourth-order valence-electron chi connectivity index (χ4n) is 1.84. The predicted octanol–water partition coefficient (Wildman–Crippen LogP) is 0.332. The van der Waals surface area contributed by atoms with E-state index in [0.717, 1.165) is 6.42 Å². The lowest BCUT2D eigenvalue weighted by Crippen LogP contribution is -2.47. The molecule has 1 aliphatic heterocycles. The lowest BCUT2D eigenvalue weighted by atomic mass is 10.2. The van der Waals surface area contributed by atoms with E-state index < -0.39 is 12.1 Å². The van der Waals surface area contributed by atoms with Crippen LogP contribution in [0.15, 0.2) is 4.99 Å². The minimum atomic E-state index is -0.555. The van der Waals surface area contributed by atoms with Gasteiger partial charge in [-0.2, -0.15) is 0 Å². The SMILES string of the molecule is CC(C)=NC(=O)[C@@H]1CCCN1C(=O)[C@H](C)N. The molecule has 0 unspecified atom stereocenters. The van der Waals surface area contributed by atoms with Crippen LogP contribution in [-0.2, 0) is 9.59 Å². The van der Waals surface area contributed by atoms with Gasteiger partial charge >= 0.3 is 0 Å². The highest BCUT2D eigenvalue weighted by Gasteiger charge is 2.34. The number of rotatable bonds is 2. The number of carbonyl (C=O) groups is 2. The normalized spacial score (nSPS) is 21.8. The molecule has 0 aromatic heterocycles. The molecule has 5 nitrogen and oxygen atoms in total. The van der Waals surface area contributed by atoms with Gasteiger partial charge in [0.25, 0.3) is 5.91 Å². The summed E-state index contributed by atoms with van der Waals surface area (Å²) in [6, 6.07) is -0.964. The first-order valence-corrected chi connectivity index (χ1v) is 5.55. The molecule has 1 heterocycles. The average Bonchev–Trinajstić information content (AvgIpc) is 2.63. The molecule has 2 amide bonds. The van der Waals surface area contributed by atoms with Crippen molar-refractivity contribution in [1.82, 2.24) is 4.90 Å². The van der Waals surface area contributed by atoms with Crippen LogP contribution in [0, 0.1) is 0 Å². The van der Waals surface area contributed by atoms with E-state index in [-0.39, 0.29) is 11.8 Å². The molecule has 0 saturated carbocycles. The van der Waals surface area contributed by atoms with E-state index in [1.165, 1.54) is 0 Å². The van der Waals surface area contributed by atoms with Crippen molar-refractivity contribution in [1.29, 1.82) is 0 Å². The van der Waals surface area contributed by atoms with Gasteiger partial charge in [-0.1, -0.05) is 0 Å². The molecule has 1 aliphatic rings. The molecular weight excluding hydrogens is 206 g/mol. The van der Waals surface area contributed by atoms with Gasteiger partial charge in [-0.25, -0.2) is 4.99 Å². The Hall–Kier alpha value is -1.23. The van der Waals surface area contributed by atoms with Gasteiger partial charge in [0.2, 0.25) is 5.91 Å². The third-order valence-corrected chi connectivity index (χ3v) is 2.54. The third-order valence-electron chi connectivity index (χ3n) is 2.54. The van der Waals surface area contributed by atoms with Crippen molar-refractivity contribution in [2.75, 3.05) is 6.54 Å². The van der Waals surface area contributed by atoms with Crippen LogP contribution < -0.4 is 5.73 Å². The fourth-order valence-corrected chi connectivity index (χ4v) is 1.84. The average molecular weight is 225 g/mol. The van der Waals surface area contributed by atoms with E-state index in [9.17, 15) is 9.59 Å². The number of nitrogens with two attached hydrogens (primary N) is 1. The highest BCUT2D eigenvalue weighted by atomic mass is 16.2. The van der Waals surface area contributed by atoms with Crippen molar-refractivity contribution < 1.29 is 9.59 Å². The van der Waals surface area contributed by atoms with Crippen molar-refractivity contribution in [3.63, 3.8) is 0 Å². The Morgan fingerprint density at radius 2 is 2.06 bits per heavy atom. The molecule has 2 N–H and O–H groups in total. The van der Waals surface area contributed by atoms with Crippen LogP contribution in [0.2, 0.25) is 0 Å². The molecule has 0 spiro atoms. The molecule has 90 valence electrons. The van der Waals surface area contributed by atoms with Crippen molar-refractivity contribution in [3.8, 4) is 0 Å². The van der Waals surface area contributed by atoms with Crippen LogP contribution in [0.4, 0.5) is 0 Å². The van der Waals surface area contributed by atoms with Gasteiger partial charge in [-0.05, 0) is 33.6 Å². The summed E-state index contributed by atoms with van der Waals surface area (Å²) in [6.07, 6.45) is 1.53. The van der Waals surface area contributed by atoms with Gasteiger partial charge in [-0.3, -0.25) is 9.59 Å². The summed E-state index contributed by atoms with van der Waals surface area (Å²) in [7, 11) is 0. The Balaban J connectivity index is 2.77. The second kappa shape index (κ2) is 5.21. The molecule has 16 heavy (non-hydrogen) atoms. The number of amides is 2. The fraction of sp³-hybridized carbons (Fsp3) is 0.727. The molecular formula is C11H19N3O2. The number of hydrogen-bond donors (Lipinski definition) is 1. The van der Waals surface area contributed by atoms with Crippen LogP contribution >= 0.6 is 0 Å². The molecule has 0 radical (unpaired) electrons. The number of hydrogen-bond acceptors (Lipinski definition) is 3. The van der Waals surface area contributed by atoms with E-state index >= 15 is 0 Å². The molecule has 0 aromatic carbocycles. The summed E-state index contributed by atoms with van der Waals surface area (Å²) in [5.41, 5.74) is 6.25. The maximum Gasteiger partial charge on any atom is 0.268 e. The number of carbonyl (C=O) groups excluding carboxylic acids is 2. The van der Waals surface area contributed by atoms with Gasteiger partial charge in [0, 0.05) is 12.3 Å². The van der Waals surface area contributed by atoms with Crippen molar-refractivity contribution in [2.45, 2.75) is 45.7 Å². The molecule has 5 heteroatoms. The second-order valence-corrected chi connectivity index (χ2v) is 4.38. The molecule has 2 atom stereocenters. The molecule has 1 saturated heterocycles. The molecule has 0 aliphatic carbocycles. The zero-order chi connectivity index (χ0) is 12.3. The summed E-state index contributed by atoms with van der Waals surface area (Å²) in [5, 5.41) is 0. The Kier molecular flexibility index (Phi) is 4.18. The molecule has 1 rings (SSSR count). The topological polar surface area (TPSA) is 75.8 Å². The Morgan fingerprint density at radius 3 is 2.56 bits per heavy atom. The largest absolute Gasteiger partial charge is 0.329 e. The summed E-state index contributed by atoms with van der Waals surface area (Å²) in [4.78, 5) is 29.0. The van der Waals surface area contributed by atoms with Crippen LogP contribution in [0.1, 0.15) is 33.6 Å². The Labute approximate surface area is 95.7 Å². The number of aliphatic imine (C=N–C) groups is 1. The Morgan fingerprint density at radius 1 is 1.44 bits per heavy atom. The summed E-state index contributed by atoms with van der Waals surface area (Å²) < 4.78 is 0. The smallest absolute Gasteiger partial charge is 0.268 e. The van der Waals surface area contributed by atoms with Gasteiger partial charge < -0.3 is 10.6 Å². The Bertz CT molecular complexity index is 319. The third kappa shape index (κ3) is 2.88. The zero-order valence-electron chi connectivity index (χ0n) is 10.1. The lowest BCUT2D eigenvalue weighted by molar-refractivity contribution is -0.137.